The van der Waals surface area contributed by atoms with Gasteiger partial charge in [0.15, 0.2) is 0 Å². The number of pyridine rings is 1. The summed E-state index contributed by atoms with van der Waals surface area (Å²) < 4.78 is 41.9. The van der Waals surface area contributed by atoms with Crippen LogP contribution in [0.1, 0.15) is 5.56 Å². The average molecular weight is 313 g/mol. The molecule has 0 aromatic carbocycles. The van der Waals surface area contributed by atoms with E-state index in [1.807, 2.05) is 5.32 Å². The fraction of sp³-hybridized carbons (Fsp3) is 0.300. The van der Waals surface area contributed by atoms with Crippen molar-refractivity contribution in [2.75, 3.05) is 13.2 Å². The van der Waals surface area contributed by atoms with Crippen molar-refractivity contribution in [2.45, 2.75) is 6.18 Å². The summed E-state index contributed by atoms with van der Waals surface area (Å²) in [6.07, 6.45) is -4.01. The number of nitrogens with zero attached hydrogens (tertiary/aromatic N) is 1. The largest absolute Gasteiger partial charge is 0.475 e. The third-order valence-electron chi connectivity index (χ3n) is 1.96. The summed E-state index contributed by atoms with van der Waals surface area (Å²) in [5.41, 5.74) is -1.02. The average Bonchev–Trinajstić information content (AvgIpc) is 2.34. The zero-order valence-corrected chi connectivity index (χ0v) is 10.5. The quantitative estimate of drug-likeness (QED) is 0.647. The predicted molar refractivity (Wildman–Crippen MR) is 60.4 cm³/mol. The molecule has 0 saturated carbocycles. The molecule has 1 amide bonds. The number of halogens is 4. The van der Waals surface area contributed by atoms with Crippen molar-refractivity contribution in [3.63, 3.8) is 0 Å². The van der Waals surface area contributed by atoms with E-state index in [0.717, 1.165) is 0 Å². The van der Waals surface area contributed by atoms with Crippen molar-refractivity contribution in [1.29, 1.82) is 0 Å². The first-order valence-electron chi connectivity index (χ1n) is 5.08. The first kappa shape index (κ1) is 16.0. The van der Waals surface area contributed by atoms with E-state index in [1.165, 1.54) is 0 Å². The highest BCUT2D eigenvalue weighted by atomic mass is 35.5. The van der Waals surface area contributed by atoms with E-state index in [4.69, 9.17) is 21.4 Å². The Morgan fingerprint density at radius 3 is 2.60 bits per heavy atom. The van der Waals surface area contributed by atoms with Gasteiger partial charge in [-0.05, 0) is 6.07 Å². The summed E-state index contributed by atoms with van der Waals surface area (Å²) in [6, 6.07) is 0.652. The molecule has 0 aliphatic heterocycles. The van der Waals surface area contributed by atoms with Gasteiger partial charge in [-0.3, -0.25) is 4.79 Å². The molecule has 1 aromatic rings. The van der Waals surface area contributed by atoms with Gasteiger partial charge in [-0.25, -0.2) is 9.78 Å². The van der Waals surface area contributed by atoms with Gasteiger partial charge >= 0.3 is 18.1 Å². The Hall–Kier alpha value is -2.03. The number of alkyl halides is 3. The predicted octanol–water partition coefficient (Wildman–Crippen LogP) is 1.33. The van der Waals surface area contributed by atoms with E-state index < -0.39 is 23.6 Å². The third kappa shape index (κ3) is 4.57. The number of rotatable bonds is 4. The van der Waals surface area contributed by atoms with Crippen molar-refractivity contribution in [3.8, 4) is 5.88 Å². The van der Waals surface area contributed by atoms with Crippen molar-refractivity contribution in [3.05, 3.63) is 22.8 Å². The molecule has 0 aliphatic rings. The van der Waals surface area contributed by atoms with Gasteiger partial charge in [0.2, 0.25) is 5.88 Å². The van der Waals surface area contributed by atoms with Crippen molar-refractivity contribution >= 4 is 23.5 Å². The van der Waals surface area contributed by atoms with Crippen LogP contribution in [0.3, 0.4) is 0 Å². The second kappa shape index (κ2) is 6.42. The molecule has 1 rings (SSSR count). The Balaban J connectivity index is 2.53. The molecule has 0 aliphatic carbocycles. The van der Waals surface area contributed by atoms with Crippen LogP contribution in [0.15, 0.2) is 12.3 Å². The van der Waals surface area contributed by atoms with E-state index in [-0.39, 0.29) is 24.1 Å². The van der Waals surface area contributed by atoms with Gasteiger partial charge in [-0.1, -0.05) is 11.6 Å². The number of carboxylic acid groups (broad SMARTS) is 1. The first-order chi connectivity index (χ1) is 9.21. The molecule has 6 nitrogen and oxygen atoms in total. The van der Waals surface area contributed by atoms with Gasteiger partial charge in [0.05, 0.1) is 12.1 Å². The SMILES string of the molecule is O=C(O)C(=O)NCCOc1ncc(C(F)(F)F)cc1Cl. The van der Waals surface area contributed by atoms with Gasteiger partial charge in [0, 0.05) is 6.20 Å². The van der Waals surface area contributed by atoms with E-state index >= 15 is 0 Å². The number of ether oxygens (including phenoxy) is 1. The lowest BCUT2D eigenvalue weighted by atomic mass is 10.3. The lowest BCUT2D eigenvalue weighted by molar-refractivity contribution is -0.150. The van der Waals surface area contributed by atoms with Crippen LogP contribution >= 0.6 is 11.6 Å². The number of aliphatic carboxylic acids is 1. The summed E-state index contributed by atoms with van der Waals surface area (Å²) in [5, 5.41) is 9.91. The normalized spacial score (nSPS) is 11.0. The number of carbonyl (C=O) groups excluding carboxylic acids is 1. The van der Waals surface area contributed by atoms with Crippen LogP contribution in [0.25, 0.3) is 0 Å². The van der Waals surface area contributed by atoms with Crippen molar-refractivity contribution in [1.82, 2.24) is 10.3 Å². The monoisotopic (exact) mass is 312 g/mol. The number of hydrogen-bond acceptors (Lipinski definition) is 4. The molecule has 0 radical (unpaired) electrons. The topological polar surface area (TPSA) is 88.5 Å². The Labute approximate surface area is 115 Å². The summed E-state index contributed by atoms with van der Waals surface area (Å²) >= 11 is 5.56. The highest BCUT2D eigenvalue weighted by Crippen LogP contribution is 2.32. The molecule has 1 heterocycles. The smallest absolute Gasteiger partial charge is 0.417 e. The van der Waals surface area contributed by atoms with Crippen LogP contribution in [0.4, 0.5) is 13.2 Å². The zero-order valence-electron chi connectivity index (χ0n) is 9.70. The molecular weight excluding hydrogens is 305 g/mol. The molecule has 0 unspecified atom stereocenters. The summed E-state index contributed by atoms with van der Waals surface area (Å²) in [5.74, 6) is -3.12. The van der Waals surface area contributed by atoms with E-state index in [0.29, 0.717) is 12.3 Å². The number of nitrogens with one attached hydrogen (secondary N) is 1. The molecule has 10 heteroatoms. The third-order valence-corrected chi connectivity index (χ3v) is 2.23. The van der Waals surface area contributed by atoms with Crippen LogP contribution in [-0.4, -0.2) is 35.1 Å². The fourth-order valence-electron chi connectivity index (χ4n) is 1.07. The van der Waals surface area contributed by atoms with Crippen LogP contribution in [0.5, 0.6) is 5.88 Å². The van der Waals surface area contributed by atoms with Crippen LogP contribution in [-0.2, 0) is 15.8 Å². The number of hydrogen-bond donors (Lipinski definition) is 2. The maximum atomic E-state index is 12.3. The maximum absolute atomic E-state index is 12.3. The van der Waals surface area contributed by atoms with Gasteiger partial charge in [-0.2, -0.15) is 13.2 Å². The van der Waals surface area contributed by atoms with E-state index in [1.54, 1.807) is 0 Å². The van der Waals surface area contributed by atoms with Crippen LogP contribution in [0, 0.1) is 0 Å². The summed E-state index contributed by atoms with van der Waals surface area (Å²) in [4.78, 5) is 24.2. The van der Waals surface area contributed by atoms with Gasteiger partial charge in [-0.15, -0.1) is 0 Å². The molecule has 0 atom stereocenters. The van der Waals surface area contributed by atoms with Crippen LogP contribution in [0.2, 0.25) is 5.02 Å². The molecule has 0 bridgehead atoms. The Morgan fingerprint density at radius 1 is 1.45 bits per heavy atom. The minimum Gasteiger partial charge on any atom is -0.475 e. The highest BCUT2D eigenvalue weighted by molar-refractivity contribution is 6.32. The first-order valence-corrected chi connectivity index (χ1v) is 5.46. The summed E-state index contributed by atoms with van der Waals surface area (Å²) in [7, 11) is 0. The molecular formula is C10H8ClF3N2O4. The Kier molecular flexibility index (Phi) is 5.14. The molecule has 0 fully saturated rings. The molecule has 0 spiro atoms. The molecule has 20 heavy (non-hydrogen) atoms. The zero-order chi connectivity index (χ0) is 15.3. The van der Waals surface area contributed by atoms with E-state index in [9.17, 15) is 22.8 Å². The minimum atomic E-state index is -4.56. The molecule has 1 aromatic heterocycles. The highest BCUT2D eigenvalue weighted by Gasteiger charge is 2.31. The number of carboxylic acids is 1. The number of carbonyl (C=O) groups is 2. The van der Waals surface area contributed by atoms with E-state index in [2.05, 4.69) is 4.98 Å². The Morgan fingerprint density at radius 2 is 2.10 bits per heavy atom. The van der Waals surface area contributed by atoms with Crippen molar-refractivity contribution < 1.29 is 32.6 Å². The second-order valence-electron chi connectivity index (χ2n) is 3.42. The number of amides is 1. The standard InChI is InChI=1S/C10H8ClF3N2O4/c11-6-3-5(10(12,13)14)4-16-8(6)20-2-1-15-7(17)9(18)19/h3-4H,1-2H2,(H,15,17)(H,18,19). The summed E-state index contributed by atoms with van der Waals surface area (Å²) in [6.45, 7) is -0.360. The number of aromatic nitrogens is 1. The minimum absolute atomic E-state index is 0.163. The van der Waals surface area contributed by atoms with Gasteiger partial charge in [0.25, 0.3) is 0 Å². The van der Waals surface area contributed by atoms with Gasteiger partial charge in [0.1, 0.15) is 11.6 Å². The molecule has 0 saturated heterocycles. The molecule has 2 N–H and O–H groups in total. The van der Waals surface area contributed by atoms with Crippen LogP contribution < -0.4 is 10.1 Å². The Bertz CT molecular complexity index is 522. The fourth-order valence-corrected chi connectivity index (χ4v) is 1.30. The second-order valence-corrected chi connectivity index (χ2v) is 3.83. The molecule has 110 valence electrons. The maximum Gasteiger partial charge on any atom is 0.417 e. The van der Waals surface area contributed by atoms with Gasteiger partial charge < -0.3 is 15.2 Å². The lowest BCUT2D eigenvalue weighted by Gasteiger charge is -2.10. The lowest BCUT2D eigenvalue weighted by Crippen LogP contribution is -2.33. The van der Waals surface area contributed by atoms with Crippen molar-refractivity contribution in [2.24, 2.45) is 0 Å².